The topological polar surface area (TPSA) is 49.4 Å². The number of rotatable bonds is 6. The second-order valence-corrected chi connectivity index (χ2v) is 7.06. The molecule has 1 N–H and O–H groups in total. The Kier molecular flexibility index (Phi) is 5.63. The average Bonchev–Trinajstić information content (AvgIpc) is 3.02. The number of thioether (sulfide) groups is 1. The Morgan fingerprint density at radius 3 is 3.00 bits per heavy atom. The van der Waals surface area contributed by atoms with Gasteiger partial charge in [-0.25, -0.2) is 0 Å². The molecule has 4 nitrogen and oxygen atoms in total. The Balaban J connectivity index is 1.76. The van der Waals surface area contributed by atoms with Crippen molar-refractivity contribution in [2.24, 2.45) is 0 Å². The fraction of sp³-hybridized carbons (Fsp3) is 0.571. The molecule has 1 aliphatic rings. The molecule has 0 unspecified atom stereocenters. The zero-order valence-electron chi connectivity index (χ0n) is 11.8. The third-order valence-corrected chi connectivity index (χ3v) is 5.27. The summed E-state index contributed by atoms with van der Waals surface area (Å²) in [7, 11) is 1.95. The van der Waals surface area contributed by atoms with Crippen LogP contribution in [-0.2, 0) is 16.0 Å². The first kappa shape index (κ1) is 15.5. The molecule has 20 heavy (non-hydrogen) atoms. The van der Waals surface area contributed by atoms with Crippen LogP contribution in [-0.4, -0.2) is 47.4 Å². The van der Waals surface area contributed by atoms with Gasteiger partial charge in [0.25, 0.3) is 0 Å². The second-order valence-electron chi connectivity index (χ2n) is 5.18. The maximum atomic E-state index is 11.9. The molecule has 1 amide bonds. The highest BCUT2D eigenvalue weighted by molar-refractivity contribution is 8.14. The monoisotopic (exact) mass is 312 g/mol. The summed E-state index contributed by atoms with van der Waals surface area (Å²) in [6.07, 6.45) is 1.69. The van der Waals surface area contributed by atoms with Gasteiger partial charge in [-0.05, 0) is 49.2 Å². The van der Waals surface area contributed by atoms with Gasteiger partial charge in [-0.15, -0.1) is 0 Å². The summed E-state index contributed by atoms with van der Waals surface area (Å²) in [5.41, 5.74) is 1.30. The molecule has 2 rings (SSSR count). The van der Waals surface area contributed by atoms with Crippen LogP contribution < -0.4 is 5.32 Å². The normalized spacial score (nSPS) is 20.4. The van der Waals surface area contributed by atoms with Crippen molar-refractivity contribution in [1.29, 1.82) is 0 Å². The lowest BCUT2D eigenvalue weighted by atomic mass is 10.1. The first-order valence-electron chi connectivity index (χ1n) is 6.73. The number of thiophene rings is 1. The van der Waals surface area contributed by atoms with E-state index in [-0.39, 0.29) is 17.1 Å². The van der Waals surface area contributed by atoms with E-state index in [4.69, 9.17) is 0 Å². The Labute approximate surface area is 127 Å². The molecular formula is C14H20N2O2S2. The van der Waals surface area contributed by atoms with Crippen molar-refractivity contribution in [3.8, 4) is 0 Å². The summed E-state index contributed by atoms with van der Waals surface area (Å²) in [5, 5.41) is 7.12. The van der Waals surface area contributed by atoms with Crippen LogP contribution in [0.5, 0.6) is 0 Å². The van der Waals surface area contributed by atoms with Crippen LogP contribution in [0.1, 0.15) is 18.9 Å². The molecule has 1 aromatic rings. The van der Waals surface area contributed by atoms with Crippen LogP contribution in [0.3, 0.4) is 0 Å². The predicted octanol–water partition coefficient (Wildman–Crippen LogP) is 1.76. The van der Waals surface area contributed by atoms with Gasteiger partial charge in [0, 0.05) is 11.8 Å². The lowest BCUT2D eigenvalue weighted by Gasteiger charge is -2.24. The molecule has 110 valence electrons. The largest absolute Gasteiger partial charge is 0.344 e. The maximum absolute atomic E-state index is 11.9. The zero-order chi connectivity index (χ0) is 14.5. The third-order valence-electron chi connectivity index (χ3n) is 3.53. The van der Waals surface area contributed by atoms with E-state index in [1.165, 1.54) is 17.3 Å². The summed E-state index contributed by atoms with van der Waals surface area (Å²) in [6.45, 7) is 2.45. The summed E-state index contributed by atoms with van der Waals surface area (Å²) in [5.74, 6) is 0.749. The molecular weight excluding hydrogens is 292 g/mol. The fourth-order valence-electron chi connectivity index (χ4n) is 2.15. The number of amides is 1. The van der Waals surface area contributed by atoms with Crippen LogP contribution in [0.15, 0.2) is 16.8 Å². The van der Waals surface area contributed by atoms with Gasteiger partial charge in [-0.2, -0.15) is 11.3 Å². The van der Waals surface area contributed by atoms with Crippen molar-refractivity contribution in [2.45, 2.75) is 31.8 Å². The van der Waals surface area contributed by atoms with E-state index in [1.54, 1.807) is 11.3 Å². The highest BCUT2D eigenvalue weighted by atomic mass is 32.2. The minimum atomic E-state index is -0.284. The van der Waals surface area contributed by atoms with Crippen molar-refractivity contribution < 1.29 is 9.59 Å². The van der Waals surface area contributed by atoms with Gasteiger partial charge >= 0.3 is 0 Å². The zero-order valence-corrected chi connectivity index (χ0v) is 13.4. The number of nitrogens with one attached hydrogen (secondary N) is 1. The first-order valence-corrected chi connectivity index (χ1v) is 8.66. The molecule has 0 aliphatic carbocycles. The Hall–Kier alpha value is -0.850. The van der Waals surface area contributed by atoms with Gasteiger partial charge in [-0.3, -0.25) is 14.5 Å². The summed E-state index contributed by atoms with van der Waals surface area (Å²) in [6, 6.07) is 2.13. The Morgan fingerprint density at radius 2 is 2.40 bits per heavy atom. The molecule has 2 heterocycles. The smallest absolute Gasteiger partial charge is 0.234 e. The number of nitrogens with zero attached hydrogens (tertiary/aromatic N) is 1. The molecule has 1 fully saturated rings. The van der Waals surface area contributed by atoms with E-state index in [0.717, 1.165) is 18.6 Å². The highest BCUT2D eigenvalue weighted by Crippen LogP contribution is 2.19. The van der Waals surface area contributed by atoms with Gasteiger partial charge in [-0.1, -0.05) is 11.8 Å². The van der Waals surface area contributed by atoms with Crippen LogP contribution in [0, 0.1) is 0 Å². The number of hydrogen-bond donors (Lipinski definition) is 1. The molecule has 1 saturated heterocycles. The van der Waals surface area contributed by atoms with Gasteiger partial charge in [0.1, 0.15) is 0 Å². The number of carbonyl (C=O) groups is 2. The van der Waals surface area contributed by atoms with Crippen molar-refractivity contribution in [2.75, 3.05) is 19.3 Å². The van der Waals surface area contributed by atoms with Gasteiger partial charge in [0.15, 0.2) is 0 Å². The van der Waals surface area contributed by atoms with E-state index < -0.39 is 0 Å². The second kappa shape index (κ2) is 7.24. The molecule has 1 aliphatic heterocycles. The van der Waals surface area contributed by atoms with E-state index in [9.17, 15) is 9.59 Å². The highest BCUT2D eigenvalue weighted by Gasteiger charge is 2.27. The van der Waals surface area contributed by atoms with Gasteiger partial charge in [0.05, 0.1) is 12.6 Å². The number of carbonyl (C=O) groups excluding carboxylic acids is 2. The minimum absolute atomic E-state index is 0.0643. The lowest BCUT2D eigenvalue weighted by Crippen LogP contribution is -2.45. The Bertz CT molecular complexity index is 462. The average molecular weight is 312 g/mol. The molecule has 2 atom stereocenters. The van der Waals surface area contributed by atoms with E-state index in [1.807, 2.05) is 11.9 Å². The molecule has 1 aromatic heterocycles. The molecule has 0 aromatic carbocycles. The summed E-state index contributed by atoms with van der Waals surface area (Å²) in [4.78, 5) is 25.5. The Morgan fingerprint density at radius 1 is 1.60 bits per heavy atom. The van der Waals surface area contributed by atoms with Crippen LogP contribution in [0.25, 0.3) is 0 Å². The number of likely N-dealkylation sites (N-methyl/N-ethyl adjacent to an activating group) is 1. The molecule has 0 radical (unpaired) electrons. The first-order chi connectivity index (χ1) is 9.56. The van der Waals surface area contributed by atoms with Crippen LogP contribution >= 0.6 is 23.1 Å². The maximum Gasteiger partial charge on any atom is 0.234 e. The lowest BCUT2D eigenvalue weighted by molar-refractivity contribution is -0.125. The molecule has 0 spiro atoms. The van der Waals surface area contributed by atoms with Crippen LogP contribution in [0.4, 0.5) is 0 Å². The van der Waals surface area contributed by atoms with Crippen molar-refractivity contribution in [1.82, 2.24) is 10.2 Å². The van der Waals surface area contributed by atoms with E-state index in [2.05, 4.69) is 29.1 Å². The van der Waals surface area contributed by atoms with Crippen molar-refractivity contribution in [3.63, 3.8) is 0 Å². The van der Waals surface area contributed by atoms with Gasteiger partial charge in [0.2, 0.25) is 11.0 Å². The van der Waals surface area contributed by atoms with E-state index >= 15 is 0 Å². The predicted molar refractivity (Wildman–Crippen MR) is 84.1 cm³/mol. The molecule has 0 saturated carbocycles. The SMILES string of the molecule is C[C@H](Cc1ccsc1)N(C)CC(=O)N[C@@H]1CCSC1=O. The van der Waals surface area contributed by atoms with Crippen LogP contribution in [0.2, 0.25) is 0 Å². The molecule has 6 heteroatoms. The van der Waals surface area contributed by atoms with Crippen molar-refractivity contribution >= 4 is 34.1 Å². The number of hydrogen-bond acceptors (Lipinski definition) is 5. The summed E-state index contributed by atoms with van der Waals surface area (Å²) < 4.78 is 0. The quantitative estimate of drug-likeness (QED) is 0.869. The standard InChI is InChI=1S/C14H20N2O2S2/c1-10(7-11-3-5-19-9-11)16(2)8-13(17)15-12-4-6-20-14(12)18/h3,5,9-10,12H,4,6-8H2,1-2H3,(H,15,17)/t10-,12-/m1/s1. The third kappa shape index (κ3) is 4.33. The van der Waals surface area contributed by atoms with Crippen molar-refractivity contribution in [3.05, 3.63) is 22.4 Å². The fourth-order valence-corrected chi connectivity index (χ4v) is 3.77. The minimum Gasteiger partial charge on any atom is -0.344 e. The van der Waals surface area contributed by atoms with Gasteiger partial charge < -0.3 is 5.32 Å². The van der Waals surface area contributed by atoms with E-state index in [0.29, 0.717) is 12.6 Å². The summed E-state index contributed by atoms with van der Waals surface area (Å²) >= 11 is 3.00. The molecule has 0 bridgehead atoms.